The van der Waals surface area contributed by atoms with Crippen LogP contribution in [0.25, 0.3) is 0 Å². The van der Waals surface area contributed by atoms with Crippen LogP contribution in [0.1, 0.15) is 62.0 Å². The fourth-order valence-electron chi connectivity index (χ4n) is 4.57. The Bertz CT molecular complexity index is 854. The first-order valence-corrected chi connectivity index (χ1v) is 11.3. The minimum Gasteiger partial charge on any atom is -0.493 e. The number of hydrogen-bond acceptors (Lipinski definition) is 5. The summed E-state index contributed by atoms with van der Waals surface area (Å²) >= 11 is 0. The van der Waals surface area contributed by atoms with E-state index in [4.69, 9.17) is 14.2 Å². The van der Waals surface area contributed by atoms with Gasteiger partial charge in [0, 0.05) is 31.7 Å². The van der Waals surface area contributed by atoms with Crippen molar-refractivity contribution in [2.75, 3.05) is 19.8 Å². The zero-order chi connectivity index (χ0) is 21.5. The van der Waals surface area contributed by atoms with Gasteiger partial charge in [0.2, 0.25) is 5.88 Å². The zero-order valence-electron chi connectivity index (χ0n) is 17.9. The van der Waals surface area contributed by atoms with Gasteiger partial charge in [-0.05, 0) is 60.9 Å². The van der Waals surface area contributed by atoms with E-state index in [1.54, 1.807) is 12.3 Å². The standard InChI is InChI=1S/C25H31NO5/c27-24(28)25(12-3-16-31-25)18-19-11-13-26-23(17-19)30-15-4-14-29-22-9-7-21(8-10-22)20-5-1-2-6-20/h7-11,13,17,20H,1-6,12,14-16,18H2,(H,27,28). The van der Waals surface area contributed by atoms with Crippen molar-refractivity contribution in [1.29, 1.82) is 0 Å². The Morgan fingerprint density at radius 3 is 2.58 bits per heavy atom. The van der Waals surface area contributed by atoms with E-state index in [0.717, 1.165) is 30.1 Å². The molecule has 1 saturated heterocycles. The number of carboxylic acids is 1. The summed E-state index contributed by atoms with van der Waals surface area (Å²) in [7, 11) is 0. The lowest BCUT2D eigenvalue weighted by Crippen LogP contribution is -2.40. The molecule has 0 bridgehead atoms. The van der Waals surface area contributed by atoms with Crippen LogP contribution in [0.5, 0.6) is 11.6 Å². The van der Waals surface area contributed by atoms with E-state index in [2.05, 4.69) is 29.2 Å². The number of rotatable bonds is 10. The summed E-state index contributed by atoms with van der Waals surface area (Å²) in [5.41, 5.74) is 1.15. The molecule has 1 N–H and O–H groups in total. The lowest BCUT2D eigenvalue weighted by atomic mass is 9.92. The van der Waals surface area contributed by atoms with E-state index >= 15 is 0 Å². The predicted octanol–water partition coefficient (Wildman–Crippen LogP) is 4.76. The minimum absolute atomic E-state index is 0.321. The van der Waals surface area contributed by atoms with Crippen LogP contribution in [-0.2, 0) is 16.0 Å². The van der Waals surface area contributed by atoms with Crippen LogP contribution in [0.4, 0.5) is 0 Å². The van der Waals surface area contributed by atoms with Gasteiger partial charge in [-0.15, -0.1) is 0 Å². The number of hydrogen-bond donors (Lipinski definition) is 1. The number of carbonyl (C=O) groups is 1. The summed E-state index contributed by atoms with van der Waals surface area (Å²) in [4.78, 5) is 15.9. The molecule has 4 rings (SSSR count). The van der Waals surface area contributed by atoms with Crippen molar-refractivity contribution in [3.63, 3.8) is 0 Å². The van der Waals surface area contributed by atoms with Crippen LogP contribution in [0, 0.1) is 0 Å². The molecule has 1 aromatic heterocycles. The van der Waals surface area contributed by atoms with E-state index in [9.17, 15) is 9.90 Å². The van der Waals surface area contributed by atoms with Crippen molar-refractivity contribution in [1.82, 2.24) is 4.98 Å². The van der Waals surface area contributed by atoms with Gasteiger partial charge in [0.25, 0.3) is 0 Å². The molecule has 1 unspecified atom stereocenters. The van der Waals surface area contributed by atoms with Gasteiger partial charge >= 0.3 is 5.97 Å². The maximum atomic E-state index is 11.7. The Balaban J connectivity index is 1.20. The smallest absolute Gasteiger partial charge is 0.336 e. The Hall–Kier alpha value is -2.60. The summed E-state index contributed by atoms with van der Waals surface area (Å²) in [5.74, 6) is 1.20. The monoisotopic (exact) mass is 425 g/mol. The predicted molar refractivity (Wildman–Crippen MR) is 117 cm³/mol. The van der Waals surface area contributed by atoms with Crippen molar-refractivity contribution < 1.29 is 24.1 Å². The first kappa shape index (κ1) is 21.6. The van der Waals surface area contributed by atoms with Gasteiger partial charge < -0.3 is 19.3 Å². The second-order valence-electron chi connectivity index (χ2n) is 8.53. The topological polar surface area (TPSA) is 77.9 Å². The molecule has 0 radical (unpaired) electrons. The highest BCUT2D eigenvalue weighted by molar-refractivity contribution is 5.78. The van der Waals surface area contributed by atoms with E-state index in [1.807, 2.05) is 6.07 Å². The van der Waals surface area contributed by atoms with Crippen molar-refractivity contribution in [2.24, 2.45) is 0 Å². The number of pyridine rings is 1. The van der Waals surface area contributed by atoms with Crippen LogP contribution in [0.15, 0.2) is 42.6 Å². The quantitative estimate of drug-likeness (QED) is 0.553. The normalized spacial score (nSPS) is 21.3. The molecule has 1 aromatic carbocycles. The molecular weight excluding hydrogens is 394 g/mol. The molecule has 166 valence electrons. The van der Waals surface area contributed by atoms with Gasteiger partial charge in [-0.2, -0.15) is 0 Å². The molecule has 31 heavy (non-hydrogen) atoms. The minimum atomic E-state index is -1.13. The SMILES string of the molecule is O=C(O)C1(Cc2ccnc(OCCCOc3ccc(C4CCCC4)cc3)c2)CCCO1. The van der Waals surface area contributed by atoms with Gasteiger partial charge in [-0.25, -0.2) is 9.78 Å². The second kappa shape index (κ2) is 10.1. The highest BCUT2D eigenvalue weighted by atomic mass is 16.5. The number of aromatic nitrogens is 1. The molecule has 1 saturated carbocycles. The lowest BCUT2D eigenvalue weighted by Gasteiger charge is -2.23. The van der Waals surface area contributed by atoms with E-state index in [-0.39, 0.29) is 0 Å². The summed E-state index contributed by atoms with van der Waals surface area (Å²) in [6.45, 7) is 1.54. The highest BCUT2D eigenvalue weighted by Gasteiger charge is 2.43. The molecule has 0 spiro atoms. The molecule has 2 heterocycles. The zero-order valence-corrected chi connectivity index (χ0v) is 17.9. The van der Waals surface area contributed by atoms with Crippen LogP contribution >= 0.6 is 0 Å². The highest BCUT2D eigenvalue weighted by Crippen LogP contribution is 2.34. The van der Waals surface area contributed by atoms with Crippen molar-refractivity contribution >= 4 is 5.97 Å². The molecule has 2 aliphatic rings. The van der Waals surface area contributed by atoms with Crippen LogP contribution < -0.4 is 9.47 Å². The molecule has 1 atom stereocenters. The third kappa shape index (κ3) is 5.56. The van der Waals surface area contributed by atoms with Crippen molar-refractivity contribution in [3.8, 4) is 11.6 Å². The van der Waals surface area contributed by atoms with Crippen molar-refractivity contribution in [3.05, 3.63) is 53.7 Å². The average Bonchev–Trinajstić information content (AvgIpc) is 3.47. The van der Waals surface area contributed by atoms with Gasteiger partial charge in [0.05, 0.1) is 13.2 Å². The molecule has 6 heteroatoms. The van der Waals surface area contributed by atoms with Crippen molar-refractivity contribution in [2.45, 2.75) is 62.9 Å². The Morgan fingerprint density at radius 1 is 1.10 bits per heavy atom. The maximum absolute atomic E-state index is 11.7. The summed E-state index contributed by atoms with van der Waals surface area (Å²) in [5, 5.41) is 9.57. The molecular formula is C25H31NO5. The maximum Gasteiger partial charge on any atom is 0.336 e. The molecule has 0 amide bonds. The Kier molecular flexibility index (Phi) is 7.07. The fraction of sp³-hybridized carbons (Fsp3) is 0.520. The number of benzene rings is 1. The molecule has 6 nitrogen and oxygen atoms in total. The van der Waals surface area contributed by atoms with Crippen LogP contribution in [0.2, 0.25) is 0 Å². The Labute approximate surface area is 183 Å². The Morgan fingerprint density at radius 2 is 1.87 bits per heavy atom. The molecule has 2 fully saturated rings. The van der Waals surface area contributed by atoms with Gasteiger partial charge in [0.1, 0.15) is 5.75 Å². The fourth-order valence-corrected chi connectivity index (χ4v) is 4.57. The van der Waals surface area contributed by atoms with Gasteiger partial charge in [-0.1, -0.05) is 25.0 Å². The average molecular weight is 426 g/mol. The number of nitrogens with zero attached hydrogens (tertiary/aromatic N) is 1. The third-order valence-electron chi connectivity index (χ3n) is 6.30. The second-order valence-corrected chi connectivity index (χ2v) is 8.53. The largest absolute Gasteiger partial charge is 0.493 e. The number of ether oxygens (including phenoxy) is 3. The van der Waals surface area contributed by atoms with Crippen LogP contribution in [0.3, 0.4) is 0 Å². The lowest BCUT2D eigenvalue weighted by molar-refractivity contribution is -0.159. The van der Waals surface area contributed by atoms with E-state index < -0.39 is 11.6 Å². The van der Waals surface area contributed by atoms with Crippen LogP contribution in [-0.4, -0.2) is 41.5 Å². The van der Waals surface area contributed by atoms with Gasteiger partial charge in [-0.3, -0.25) is 0 Å². The first-order chi connectivity index (χ1) is 15.1. The first-order valence-electron chi connectivity index (χ1n) is 11.3. The van der Waals surface area contributed by atoms with Gasteiger partial charge in [0.15, 0.2) is 5.60 Å². The van der Waals surface area contributed by atoms with E-state index in [1.165, 1.54) is 31.2 Å². The molecule has 2 aromatic rings. The molecule has 1 aliphatic carbocycles. The summed E-state index contributed by atoms with van der Waals surface area (Å²) < 4.78 is 17.1. The number of aliphatic carboxylic acids is 1. The molecule has 1 aliphatic heterocycles. The third-order valence-corrected chi connectivity index (χ3v) is 6.30. The number of carboxylic acid groups (broad SMARTS) is 1. The summed E-state index contributed by atoms with van der Waals surface area (Å²) in [6, 6.07) is 12.1. The van der Waals surface area contributed by atoms with E-state index in [0.29, 0.717) is 38.5 Å². The summed E-state index contributed by atoms with van der Waals surface area (Å²) in [6.07, 6.45) is 9.29.